The van der Waals surface area contributed by atoms with Gasteiger partial charge in [0.1, 0.15) is 29.1 Å². The standard InChI is InChI=1S/C26H31F3N4O4S2/c1-26(9-4-5-11-37-26)25(34)32-39(35,36)20-12-17(15-30)24(22(29)14-20)31-19(8-10-33(2)3)16-38-23-7-6-18(27)13-21(23)28/h6-7,12-14,19,31H,4-5,8-11,16H2,1-3H3,(H,32,34)/t19-,26-/m1/s1. The third kappa shape index (κ3) is 8.11. The number of sulfonamides is 1. The molecule has 0 saturated carbocycles. The summed E-state index contributed by atoms with van der Waals surface area (Å²) < 4.78 is 75.9. The lowest BCUT2D eigenvalue weighted by molar-refractivity contribution is -0.148. The number of nitrogens with one attached hydrogen (secondary N) is 2. The van der Waals surface area contributed by atoms with E-state index in [1.807, 2.05) is 29.8 Å². The Labute approximate surface area is 230 Å². The van der Waals surface area contributed by atoms with Gasteiger partial charge in [-0.25, -0.2) is 26.3 Å². The molecule has 1 aliphatic heterocycles. The van der Waals surface area contributed by atoms with Crippen LogP contribution in [0.1, 0.15) is 38.2 Å². The van der Waals surface area contributed by atoms with E-state index in [1.165, 1.54) is 13.0 Å². The van der Waals surface area contributed by atoms with Gasteiger partial charge < -0.3 is 15.0 Å². The number of amides is 1. The van der Waals surface area contributed by atoms with Crippen molar-refractivity contribution in [3.05, 3.63) is 53.3 Å². The van der Waals surface area contributed by atoms with E-state index in [4.69, 9.17) is 4.74 Å². The smallest absolute Gasteiger partial charge is 0.265 e. The molecule has 0 aromatic heterocycles. The Morgan fingerprint density at radius 2 is 1.95 bits per heavy atom. The molecule has 1 fully saturated rings. The van der Waals surface area contributed by atoms with E-state index in [0.717, 1.165) is 42.4 Å². The first-order valence-electron chi connectivity index (χ1n) is 12.3. The first-order chi connectivity index (χ1) is 18.3. The van der Waals surface area contributed by atoms with Crippen LogP contribution in [-0.2, 0) is 19.6 Å². The zero-order valence-corrected chi connectivity index (χ0v) is 23.5. The molecule has 0 aliphatic carbocycles. The maximum atomic E-state index is 15.3. The van der Waals surface area contributed by atoms with Gasteiger partial charge in [-0.1, -0.05) is 0 Å². The number of anilines is 1. The van der Waals surface area contributed by atoms with Crippen LogP contribution in [0.5, 0.6) is 0 Å². The van der Waals surface area contributed by atoms with Gasteiger partial charge in [-0.15, -0.1) is 11.8 Å². The van der Waals surface area contributed by atoms with E-state index in [0.29, 0.717) is 32.4 Å². The molecule has 0 bridgehead atoms. The number of halogens is 3. The number of benzene rings is 2. The number of nitrogens with zero attached hydrogens (tertiary/aromatic N) is 2. The molecule has 1 amide bonds. The molecular formula is C26H31F3N4O4S2. The number of carbonyl (C=O) groups is 1. The van der Waals surface area contributed by atoms with E-state index in [9.17, 15) is 27.3 Å². The van der Waals surface area contributed by atoms with Gasteiger partial charge in [-0.05, 0) is 77.5 Å². The lowest BCUT2D eigenvalue weighted by Gasteiger charge is -2.32. The summed E-state index contributed by atoms with van der Waals surface area (Å²) in [6, 6.07) is 6.29. The van der Waals surface area contributed by atoms with Gasteiger partial charge in [0.15, 0.2) is 0 Å². The molecule has 2 aromatic rings. The van der Waals surface area contributed by atoms with Crippen molar-refractivity contribution in [2.45, 2.75) is 54.0 Å². The van der Waals surface area contributed by atoms with Crippen molar-refractivity contribution in [2.24, 2.45) is 0 Å². The predicted octanol–water partition coefficient (Wildman–Crippen LogP) is 4.26. The Morgan fingerprint density at radius 3 is 2.56 bits per heavy atom. The number of hydrogen-bond donors (Lipinski definition) is 2. The number of hydrogen-bond acceptors (Lipinski definition) is 8. The largest absolute Gasteiger partial charge is 0.378 e. The number of nitriles is 1. The maximum absolute atomic E-state index is 15.3. The normalized spacial score (nSPS) is 18.4. The van der Waals surface area contributed by atoms with Crippen LogP contribution >= 0.6 is 11.8 Å². The summed E-state index contributed by atoms with van der Waals surface area (Å²) in [5, 5.41) is 12.7. The molecule has 1 heterocycles. The monoisotopic (exact) mass is 584 g/mol. The first-order valence-corrected chi connectivity index (χ1v) is 14.8. The van der Waals surface area contributed by atoms with Gasteiger partial charge in [0.05, 0.1) is 16.1 Å². The van der Waals surface area contributed by atoms with Gasteiger partial charge in [-0.3, -0.25) is 4.79 Å². The molecule has 2 N–H and O–H groups in total. The average molecular weight is 585 g/mol. The molecule has 2 atom stereocenters. The number of thioether (sulfide) groups is 1. The third-order valence-electron chi connectivity index (χ3n) is 6.28. The molecule has 0 radical (unpaired) electrons. The van der Waals surface area contributed by atoms with Crippen LogP contribution in [0.3, 0.4) is 0 Å². The second-order valence-electron chi connectivity index (χ2n) is 9.73. The highest BCUT2D eigenvalue weighted by Crippen LogP contribution is 2.30. The first kappa shape index (κ1) is 30.7. The molecule has 8 nitrogen and oxygen atoms in total. The van der Waals surface area contributed by atoms with Gasteiger partial charge in [-0.2, -0.15) is 5.26 Å². The van der Waals surface area contributed by atoms with E-state index in [2.05, 4.69) is 5.32 Å². The Hall–Kier alpha value is -2.79. The molecule has 39 heavy (non-hydrogen) atoms. The molecule has 2 aromatic carbocycles. The Balaban J connectivity index is 1.83. The molecule has 1 saturated heterocycles. The van der Waals surface area contributed by atoms with Crippen LogP contribution < -0.4 is 10.0 Å². The summed E-state index contributed by atoms with van der Waals surface area (Å²) in [5.74, 6) is -3.05. The number of rotatable bonds is 11. The minimum atomic E-state index is -4.50. The highest BCUT2D eigenvalue weighted by Gasteiger charge is 2.38. The van der Waals surface area contributed by atoms with Crippen LogP contribution in [0.25, 0.3) is 0 Å². The lowest BCUT2D eigenvalue weighted by atomic mass is 9.95. The van der Waals surface area contributed by atoms with Crippen LogP contribution in [0.15, 0.2) is 40.1 Å². The van der Waals surface area contributed by atoms with Crippen LogP contribution in [-0.4, -0.2) is 63.9 Å². The van der Waals surface area contributed by atoms with E-state index < -0.39 is 49.9 Å². The highest BCUT2D eigenvalue weighted by atomic mass is 32.2. The summed E-state index contributed by atoms with van der Waals surface area (Å²) in [4.78, 5) is 14.2. The van der Waals surface area contributed by atoms with Crippen molar-refractivity contribution in [1.82, 2.24) is 9.62 Å². The van der Waals surface area contributed by atoms with Crippen molar-refractivity contribution < 1.29 is 31.1 Å². The van der Waals surface area contributed by atoms with Crippen LogP contribution in [0, 0.1) is 28.8 Å². The summed E-state index contributed by atoms with van der Waals surface area (Å²) in [6.07, 6.45) is 2.26. The lowest BCUT2D eigenvalue weighted by Crippen LogP contribution is -2.50. The topological polar surface area (TPSA) is 112 Å². The predicted molar refractivity (Wildman–Crippen MR) is 142 cm³/mol. The summed E-state index contributed by atoms with van der Waals surface area (Å²) >= 11 is 1.10. The van der Waals surface area contributed by atoms with Crippen LogP contribution in [0.2, 0.25) is 0 Å². The maximum Gasteiger partial charge on any atom is 0.265 e. The average Bonchev–Trinajstić information content (AvgIpc) is 2.87. The quantitative estimate of drug-likeness (QED) is 0.377. The fourth-order valence-corrected chi connectivity index (χ4v) is 6.07. The van der Waals surface area contributed by atoms with Crippen molar-refractivity contribution in [1.29, 1.82) is 5.26 Å². The minimum Gasteiger partial charge on any atom is -0.378 e. The molecule has 0 spiro atoms. The van der Waals surface area contributed by atoms with Gasteiger partial charge in [0.2, 0.25) is 0 Å². The van der Waals surface area contributed by atoms with E-state index in [-0.39, 0.29) is 21.9 Å². The fourth-order valence-electron chi connectivity index (χ4n) is 3.97. The third-order valence-corrected chi connectivity index (χ3v) is 8.80. The van der Waals surface area contributed by atoms with Gasteiger partial charge in [0.25, 0.3) is 15.9 Å². The van der Waals surface area contributed by atoms with E-state index >= 15 is 4.39 Å². The zero-order chi connectivity index (χ0) is 28.8. The molecule has 212 valence electrons. The van der Waals surface area contributed by atoms with Crippen molar-refractivity contribution in [2.75, 3.05) is 38.3 Å². The van der Waals surface area contributed by atoms with Gasteiger partial charge >= 0.3 is 0 Å². The SMILES string of the molecule is CN(C)CC[C@H](CSc1ccc(F)cc1F)Nc1c(F)cc(S(=O)(=O)NC(=O)[C@@]2(C)CCCCO2)cc1C#N. The van der Waals surface area contributed by atoms with Crippen LogP contribution in [0.4, 0.5) is 18.9 Å². The van der Waals surface area contributed by atoms with Gasteiger partial charge in [0, 0.05) is 29.4 Å². The van der Waals surface area contributed by atoms with Crippen molar-refractivity contribution >= 4 is 33.4 Å². The molecule has 0 unspecified atom stereocenters. The molecular weight excluding hydrogens is 553 g/mol. The summed E-state index contributed by atoms with van der Waals surface area (Å²) in [5.41, 5.74) is -1.82. The highest BCUT2D eigenvalue weighted by molar-refractivity contribution is 7.99. The summed E-state index contributed by atoms with van der Waals surface area (Å²) in [7, 11) is -0.815. The van der Waals surface area contributed by atoms with Crippen molar-refractivity contribution in [3.63, 3.8) is 0 Å². The number of carbonyl (C=O) groups excluding carboxylic acids is 1. The van der Waals surface area contributed by atoms with Crippen molar-refractivity contribution in [3.8, 4) is 6.07 Å². The minimum absolute atomic E-state index is 0.210. The summed E-state index contributed by atoms with van der Waals surface area (Å²) in [6.45, 7) is 2.39. The molecule has 3 rings (SSSR count). The second-order valence-corrected chi connectivity index (χ2v) is 12.5. The number of ether oxygens (including phenoxy) is 1. The Morgan fingerprint density at radius 1 is 1.21 bits per heavy atom. The Bertz CT molecular complexity index is 1340. The fraction of sp³-hybridized carbons (Fsp3) is 0.462. The second kappa shape index (κ2) is 13.0. The zero-order valence-electron chi connectivity index (χ0n) is 21.9. The Kier molecular flexibility index (Phi) is 10.3. The molecule has 13 heteroatoms. The van der Waals surface area contributed by atoms with E-state index in [1.54, 1.807) is 0 Å². The molecule has 1 aliphatic rings.